The lowest BCUT2D eigenvalue weighted by Crippen LogP contribution is -2.41. The minimum atomic E-state index is -3.40. The van der Waals surface area contributed by atoms with Gasteiger partial charge in [0.25, 0.3) is 5.91 Å². The molecule has 0 spiro atoms. The van der Waals surface area contributed by atoms with Gasteiger partial charge in [0.05, 0.1) is 22.4 Å². The highest BCUT2D eigenvalue weighted by molar-refractivity contribution is 7.94. The quantitative estimate of drug-likeness (QED) is 0.790. The third-order valence-electron chi connectivity index (χ3n) is 4.41. The summed E-state index contributed by atoms with van der Waals surface area (Å²) >= 11 is 6.05. The molecule has 1 amide bonds. The van der Waals surface area contributed by atoms with Crippen LogP contribution in [-0.2, 0) is 9.84 Å². The van der Waals surface area contributed by atoms with E-state index in [1.54, 1.807) is 12.1 Å². The van der Waals surface area contributed by atoms with Crippen LogP contribution in [0.25, 0.3) is 0 Å². The van der Waals surface area contributed by atoms with Crippen LogP contribution in [0.15, 0.2) is 47.9 Å². The molecular weight excluding hydrogens is 377 g/mol. The lowest BCUT2D eigenvalue weighted by atomic mass is 10.1. The second-order valence-electron chi connectivity index (χ2n) is 6.27. The molecule has 4 nitrogen and oxygen atoms in total. The van der Waals surface area contributed by atoms with Crippen LogP contribution >= 0.6 is 11.6 Å². The lowest BCUT2D eigenvalue weighted by molar-refractivity contribution is 0.0979. The third kappa shape index (κ3) is 3.52. The molecule has 2 aromatic rings. The van der Waals surface area contributed by atoms with E-state index in [0.29, 0.717) is 5.69 Å². The smallest absolute Gasteiger partial charge is 0.263 e. The van der Waals surface area contributed by atoms with Crippen molar-refractivity contribution in [3.63, 3.8) is 0 Å². The van der Waals surface area contributed by atoms with Crippen LogP contribution in [0, 0.1) is 19.7 Å². The Balaban J connectivity index is 2.13. The number of rotatable bonds is 3. The Morgan fingerprint density at radius 2 is 1.92 bits per heavy atom. The molecule has 0 N–H and O–H groups in total. The highest BCUT2D eigenvalue weighted by atomic mass is 35.5. The summed E-state index contributed by atoms with van der Waals surface area (Å²) in [7, 11) is -3.40. The van der Waals surface area contributed by atoms with E-state index in [1.807, 2.05) is 19.9 Å². The van der Waals surface area contributed by atoms with Crippen LogP contribution in [0.2, 0.25) is 5.02 Å². The van der Waals surface area contributed by atoms with Gasteiger partial charge in [-0.25, -0.2) is 12.8 Å². The van der Waals surface area contributed by atoms with E-state index < -0.39 is 27.6 Å². The molecule has 2 aromatic carbocycles. The van der Waals surface area contributed by atoms with Crippen molar-refractivity contribution in [3.8, 4) is 0 Å². The van der Waals surface area contributed by atoms with Gasteiger partial charge in [-0.15, -0.1) is 0 Å². The second kappa shape index (κ2) is 6.85. The van der Waals surface area contributed by atoms with Crippen molar-refractivity contribution in [1.29, 1.82) is 0 Å². The first-order chi connectivity index (χ1) is 12.2. The molecule has 1 unspecified atom stereocenters. The van der Waals surface area contributed by atoms with E-state index >= 15 is 0 Å². The summed E-state index contributed by atoms with van der Waals surface area (Å²) in [5.41, 5.74) is 2.18. The standard InChI is InChI=1S/C19H17ClFNO3S/c1-12-6-7-14(10-13(12)2)22(15-8-9-26(24,25)11-15)19(23)18-16(20)4-3-5-17(18)21/h3-10,15H,11H2,1-2H3. The van der Waals surface area contributed by atoms with Gasteiger partial charge in [0.2, 0.25) is 0 Å². The average Bonchev–Trinajstić information content (AvgIpc) is 2.90. The maximum Gasteiger partial charge on any atom is 0.263 e. The predicted molar refractivity (Wildman–Crippen MR) is 101 cm³/mol. The van der Waals surface area contributed by atoms with Crippen molar-refractivity contribution >= 4 is 33.0 Å². The number of nitrogens with zero attached hydrogens (tertiary/aromatic N) is 1. The van der Waals surface area contributed by atoms with Crippen LogP contribution in [-0.4, -0.2) is 26.1 Å². The molecule has 1 heterocycles. The van der Waals surface area contributed by atoms with E-state index in [2.05, 4.69) is 0 Å². The average molecular weight is 394 g/mol. The molecule has 136 valence electrons. The van der Waals surface area contributed by atoms with Gasteiger partial charge in [0, 0.05) is 11.1 Å². The van der Waals surface area contributed by atoms with Crippen molar-refractivity contribution in [2.75, 3.05) is 10.7 Å². The Hall–Kier alpha value is -2.18. The number of amides is 1. The molecule has 0 fully saturated rings. The maximum absolute atomic E-state index is 14.3. The summed E-state index contributed by atoms with van der Waals surface area (Å²) in [5, 5.41) is 1.07. The zero-order chi connectivity index (χ0) is 19.1. The summed E-state index contributed by atoms with van der Waals surface area (Å²) in [6.07, 6.45) is 1.44. The Morgan fingerprint density at radius 3 is 2.50 bits per heavy atom. The third-order valence-corrected chi connectivity index (χ3v) is 6.10. The molecule has 26 heavy (non-hydrogen) atoms. The summed E-state index contributed by atoms with van der Waals surface area (Å²) in [6, 6.07) is 8.59. The largest absolute Gasteiger partial charge is 0.300 e. The Labute approximate surface area is 156 Å². The van der Waals surface area contributed by atoms with Gasteiger partial charge < -0.3 is 4.90 Å². The molecule has 7 heteroatoms. The van der Waals surface area contributed by atoms with E-state index in [4.69, 9.17) is 11.6 Å². The molecule has 0 aliphatic carbocycles. The molecule has 0 aromatic heterocycles. The number of carbonyl (C=O) groups excluding carboxylic acids is 1. The number of carbonyl (C=O) groups is 1. The summed E-state index contributed by atoms with van der Waals surface area (Å²) < 4.78 is 38.0. The fourth-order valence-electron chi connectivity index (χ4n) is 2.88. The molecular formula is C19H17ClFNO3S. The van der Waals surface area contributed by atoms with Gasteiger partial charge in [0.1, 0.15) is 5.82 Å². The molecule has 0 radical (unpaired) electrons. The minimum absolute atomic E-state index is 0.0198. The zero-order valence-electron chi connectivity index (χ0n) is 14.2. The molecule has 3 rings (SSSR count). The Morgan fingerprint density at radius 1 is 1.19 bits per heavy atom. The molecule has 1 aliphatic heterocycles. The highest BCUT2D eigenvalue weighted by Crippen LogP contribution is 2.29. The van der Waals surface area contributed by atoms with Gasteiger partial charge in [-0.3, -0.25) is 4.79 Å². The number of sulfone groups is 1. The first kappa shape index (κ1) is 18.6. The highest BCUT2D eigenvalue weighted by Gasteiger charge is 2.34. The van der Waals surface area contributed by atoms with Crippen LogP contribution in [0.1, 0.15) is 21.5 Å². The maximum atomic E-state index is 14.3. The lowest BCUT2D eigenvalue weighted by Gasteiger charge is -2.28. The molecule has 1 atom stereocenters. The SMILES string of the molecule is Cc1ccc(N(C(=O)c2c(F)cccc2Cl)C2C=CS(=O)(=O)C2)cc1C. The Bertz CT molecular complexity index is 997. The normalized spacial score (nSPS) is 18.1. The number of halogens is 2. The van der Waals surface area contributed by atoms with Crippen LogP contribution in [0.5, 0.6) is 0 Å². The van der Waals surface area contributed by atoms with Crippen molar-refractivity contribution in [1.82, 2.24) is 0 Å². The number of hydrogen-bond donors (Lipinski definition) is 0. The number of hydrogen-bond acceptors (Lipinski definition) is 3. The summed E-state index contributed by atoms with van der Waals surface area (Å²) in [6.45, 7) is 3.82. The first-order valence-corrected chi connectivity index (χ1v) is 10.0. The topological polar surface area (TPSA) is 54.5 Å². The first-order valence-electron chi connectivity index (χ1n) is 7.95. The van der Waals surface area contributed by atoms with Gasteiger partial charge in [-0.2, -0.15) is 0 Å². The van der Waals surface area contributed by atoms with Crippen molar-refractivity contribution in [3.05, 3.63) is 75.4 Å². The van der Waals surface area contributed by atoms with Crippen molar-refractivity contribution < 1.29 is 17.6 Å². The number of aryl methyl sites for hydroxylation is 2. The molecule has 0 bridgehead atoms. The number of benzene rings is 2. The summed E-state index contributed by atoms with van der Waals surface area (Å²) in [4.78, 5) is 14.4. The van der Waals surface area contributed by atoms with Crippen molar-refractivity contribution in [2.24, 2.45) is 0 Å². The minimum Gasteiger partial charge on any atom is -0.300 e. The van der Waals surface area contributed by atoms with E-state index in [9.17, 15) is 17.6 Å². The summed E-state index contributed by atoms with van der Waals surface area (Å²) in [5.74, 6) is -1.68. The second-order valence-corrected chi connectivity index (χ2v) is 8.60. The Kier molecular flexibility index (Phi) is 4.90. The molecule has 0 saturated carbocycles. The molecule has 0 saturated heterocycles. The van der Waals surface area contributed by atoms with Crippen molar-refractivity contribution in [2.45, 2.75) is 19.9 Å². The zero-order valence-corrected chi connectivity index (χ0v) is 15.8. The predicted octanol–water partition coefficient (Wildman–Crippen LogP) is 4.05. The van der Waals surface area contributed by atoms with Crippen LogP contribution in [0.4, 0.5) is 10.1 Å². The van der Waals surface area contributed by atoms with Gasteiger partial charge >= 0.3 is 0 Å². The fourth-order valence-corrected chi connectivity index (χ4v) is 4.39. The van der Waals surface area contributed by atoms with Crippen LogP contribution < -0.4 is 4.90 Å². The van der Waals surface area contributed by atoms with E-state index in [1.165, 1.54) is 23.1 Å². The fraction of sp³-hybridized carbons (Fsp3) is 0.211. The van der Waals surface area contributed by atoms with E-state index in [0.717, 1.165) is 22.6 Å². The molecule has 1 aliphatic rings. The van der Waals surface area contributed by atoms with Crippen LogP contribution in [0.3, 0.4) is 0 Å². The van der Waals surface area contributed by atoms with Gasteiger partial charge in [-0.05, 0) is 55.3 Å². The van der Waals surface area contributed by atoms with Gasteiger partial charge in [-0.1, -0.05) is 23.7 Å². The van der Waals surface area contributed by atoms with E-state index in [-0.39, 0.29) is 16.3 Å². The number of anilines is 1. The van der Waals surface area contributed by atoms with Gasteiger partial charge in [0.15, 0.2) is 9.84 Å². The monoisotopic (exact) mass is 393 g/mol.